The summed E-state index contributed by atoms with van der Waals surface area (Å²) in [6, 6.07) is 6.85. The minimum absolute atomic E-state index is 0.0201. The molecule has 1 aromatic rings. The number of hydrogen-bond acceptors (Lipinski definition) is 2. The largest absolute Gasteiger partial charge is 0.380 e. The molecule has 84 valence electrons. The van der Waals surface area contributed by atoms with Gasteiger partial charge >= 0.3 is 0 Å². The Morgan fingerprint density at radius 3 is 2.80 bits per heavy atom. The summed E-state index contributed by atoms with van der Waals surface area (Å²) in [5.74, 6) is -0.158. The van der Waals surface area contributed by atoms with Crippen LogP contribution in [0, 0.1) is 5.82 Å². The molecule has 0 radical (unpaired) electrons. The molecule has 0 saturated heterocycles. The van der Waals surface area contributed by atoms with Crippen LogP contribution in [-0.2, 0) is 4.74 Å². The standard InChI is InChI=1S/C12H18FNO/c1-3-15-9-8-14-10(2)11-6-4-5-7-12(11)13/h4-7,10,14H,3,8-9H2,1-2H3/t10-/m1/s1. The highest BCUT2D eigenvalue weighted by atomic mass is 19.1. The van der Waals surface area contributed by atoms with E-state index in [0.717, 1.165) is 13.2 Å². The smallest absolute Gasteiger partial charge is 0.127 e. The van der Waals surface area contributed by atoms with Gasteiger partial charge in [0.2, 0.25) is 0 Å². The van der Waals surface area contributed by atoms with E-state index >= 15 is 0 Å². The van der Waals surface area contributed by atoms with Gasteiger partial charge in [0.05, 0.1) is 6.61 Å². The molecule has 0 spiro atoms. The Morgan fingerprint density at radius 1 is 1.40 bits per heavy atom. The lowest BCUT2D eigenvalue weighted by Gasteiger charge is -2.14. The molecular formula is C12H18FNO. The number of benzene rings is 1. The van der Waals surface area contributed by atoms with E-state index in [-0.39, 0.29) is 11.9 Å². The summed E-state index contributed by atoms with van der Waals surface area (Å²) in [7, 11) is 0. The fourth-order valence-corrected chi connectivity index (χ4v) is 1.43. The van der Waals surface area contributed by atoms with Gasteiger partial charge in [-0.1, -0.05) is 18.2 Å². The molecule has 0 saturated carbocycles. The molecular weight excluding hydrogens is 193 g/mol. The Labute approximate surface area is 90.4 Å². The van der Waals surface area contributed by atoms with Crippen molar-refractivity contribution in [2.75, 3.05) is 19.8 Å². The van der Waals surface area contributed by atoms with Crippen LogP contribution in [-0.4, -0.2) is 19.8 Å². The lowest BCUT2D eigenvalue weighted by atomic mass is 10.1. The maximum atomic E-state index is 13.3. The monoisotopic (exact) mass is 211 g/mol. The Bertz CT molecular complexity index is 291. The van der Waals surface area contributed by atoms with Gasteiger partial charge in [-0.2, -0.15) is 0 Å². The van der Waals surface area contributed by atoms with Gasteiger partial charge in [-0.25, -0.2) is 4.39 Å². The van der Waals surface area contributed by atoms with Crippen LogP contribution in [0.3, 0.4) is 0 Å². The summed E-state index contributed by atoms with van der Waals surface area (Å²) in [5.41, 5.74) is 0.703. The van der Waals surface area contributed by atoms with Crippen LogP contribution in [0.2, 0.25) is 0 Å². The van der Waals surface area contributed by atoms with Crippen molar-refractivity contribution in [3.63, 3.8) is 0 Å². The summed E-state index contributed by atoms with van der Waals surface area (Å²) in [4.78, 5) is 0. The fourth-order valence-electron chi connectivity index (χ4n) is 1.43. The summed E-state index contributed by atoms with van der Waals surface area (Å²) in [6.45, 7) is 6.03. The molecule has 1 atom stereocenters. The molecule has 0 bridgehead atoms. The highest BCUT2D eigenvalue weighted by Crippen LogP contribution is 2.15. The fraction of sp³-hybridized carbons (Fsp3) is 0.500. The number of halogens is 1. The average molecular weight is 211 g/mol. The predicted molar refractivity (Wildman–Crippen MR) is 59.3 cm³/mol. The van der Waals surface area contributed by atoms with E-state index in [4.69, 9.17) is 4.74 Å². The summed E-state index contributed by atoms with van der Waals surface area (Å²) in [5, 5.41) is 3.21. The second-order valence-corrected chi connectivity index (χ2v) is 3.39. The van der Waals surface area contributed by atoms with Crippen LogP contribution < -0.4 is 5.32 Å². The van der Waals surface area contributed by atoms with Gasteiger partial charge < -0.3 is 10.1 Å². The normalized spacial score (nSPS) is 12.7. The minimum atomic E-state index is -0.158. The van der Waals surface area contributed by atoms with Crippen LogP contribution >= 0.6 is 0 Å². The Morgan fingerprint density at radius 2 is 2.13 bits per heavy atom. The predicted octanol–water partition coefficient (Wildman–Crippen LogP) is 2.51. The van der Waals surface area contributed by atoms with Crippen molar-refractivity contribution in [2.45, 2.75) is 19.9 Å². The van der Waals surface area contributed by atoms with E-state index in [9.17, 15) is 4.39 Å². The molecule has 0 amide bonds. The van der Waals surface area contributed by atoms with Gasteiger partial charge in [0.15, 0.2) is 0 Å². The van der Waals surface area contributed by atoms with E-state index in [2.05, 4.69) is 5.32 Å². The molecule has 1 N–H and O–H groups in total. The third-order valence-electron chi connectivity index (χ3n) is 2.27. The number of nitrogens with one attached hydrogen (secondary N) is 1. The Kier molecular flexibility index (Phi) is 5.29. The molecule has 0 aromatic heterocycles. The van der Waals surface area contributed by atoms with Gasteiger partial charge in [-0.15, -0.1) is 0 Å². The maximum Gasteiger partial charge on any atom is 0.127 e. The summed E-state index contributed by atoms with van der Waals surface area (Å²) < 4.78 is 18.5. The molecule has 3 heteroatoms. The molecule has 1 rings (SSSR count). The number of ether oxygens (including phenoxy) is 1. The zero-order chi connectivity index (χ0) is 11.1. The topological polar surface area (TPSA) is 21.3 Å². The molecule has 0 aliphatic carbocycles. The number of hydrogen-bond donors (Lipinski definition) is 1. The highest BCUT2D eigenvalue weighted by Gasteiger charge is 2.08. The van der Waals surface area contributed by atoms with Gasteiger partial charge in [-0.3, -0.25) is 0 Å². The van der Waals surface area contributed by atoms with E-state index in [1.54, 1.807) is 12.1 Å². The van der Waals surface area contributed by atoms with Crippen LogP contribution in [0.25, 0.3) is 0 Å². The lowest BCUT2D eigenvalue weighted by Crippen LogP contribution is -2.23. The van der Waals surface area contributed by atoms with Gasteiger partial charge in [0.25, 0.3) is 0 Å². The van der Waals surface area contributed by atoms with Crippen molar-refractivity contribution in [3.05, 3.63) is 35.6 Å². The second kappa shape index (κ2) is 6.53. The molecule has 2 nitrogen and oxygen atoms in total. The first-order valence-electron chi connectivity index (χ1n) is 5.31. The van der Waals surface area contributed by atoms with E-state index in [0.29, 0.717) is 12.2 Å². The molecule has 15 heavy (non-hydrogen) atoms. The average Bonchev–Trinajstić information content (AvgIpc) is 2.25. The van der Waals surface area contributed by atoms with Gasteiger partial charge in [-0.05, 0) is 19.9 Å². The van der Waals surface area contributed by atoms with E-state index < -0.39 is 0 Å². The first kappa shape index (κ1) is 12.1. The summed E-state index contributed by atoms with van der Waals surface area (Å²) in [6.07, 6.45) is 0. The first-order chi connectivity index (χ1) is 7.25. The lowest BCUT2D eigenvalue weighted by molar-refractivity contribution is 0.147. The molecule has 0 unspecified atom stereocenters. The quantitative estimate of drug-likeness (QED) is 0.730. The van der Waals surface area contributed by atoms with Crippen LogP contribution in [0.5, 0.6) is 0 Å². The van der Waals surface area contributed by atoms with E-state index in [1.807, 2.05) is 19.9 Å². The summed E-state index contributed by atoms with van der Waals surface area (Å²) >= 11 is 0. The van der Waals surface area contributed by atoms with Crippen molar-refractivity contribution >= 4 is 0 Å². The third-order valence-corrected chi connectivity index (χ3v) is 2.27. The van der Waals surface area contributed by atoms with Crippen molar-refractivity contribution in [1.82, 2.24) is 5.32 Å². The van der Waals surface area contributed by atoms with Crippen LogP contribution in [0.4, 0.5) is 4.39 Å². The molecule has 0 fully saturated rings. The van der Waals surface area contributed by atoms with Crippen molar-refractivity contribution in [1.29, 1.82) is 0 Å². The first-order valence-corrected chi connectivity index (χ1v) is 5.31. The van der Waals surface area contributed by atoms with Crippen molar-refractivity contribution in [2.24, 2.45) is 0 Å². The second-order valence-electron chi connectivity index (χ2n) is 3.39. The molecule has 0 aliphatic rings. The minimum Gasteiger partial charge on any atom is -0.380 e. The molecule has 0 aliphatic heterocycles. The zero-order valence-corrected chi connectivity index (χ0v) is 9.29. The molecule has 0 heterocycles. The van der Waals surface area contributed by atoms with Gasteiger partial charge in [0, 0.05) is 24.8 Å². The Hall–Kier alpha value is -0.930. The van der Waals surface area contributed by atoms with Crippen molar-refractivity contribution in [3.8, 4) is 0 Å². The van der Waals surface area contributed by atoms with E-state index in [1.165, 1.54) is 6.07 Å². The van der Waals surface area contributed by atoms with Crippen LogP contribution in [0.15, 0.2) is 24.3 Å². The SMILES string of the molecule is CCOCCN[C@H](C)c1ccccc1F. The third kappa shape index (κ3) is 3.98. The van der Waals surface area contributed by atoms with Crippen LogP contribution in [0.1, 0.15) is 25.5 Å². The van der Waals surface area contributed by atoms with Crippen molar-refractivity contribution < 1.29 is 9.13 Å². The Balaban J connectivity index is 2.40. The zero-order valence-electron chi connectivity index (χ0n) is 9.29. The number of rotatable bonds is 6. The maximum absolute atomic E-state index is 13.3. The highest BCUT2D eigenvalue weighted by molar-refractivity contribution is 5.20. The molecule has 1 aromatic carbocycles. The van der Waals surface area contributed by atoms with Gasteiger partial charge in [0.1, 0.15) is 5.82 Å².